The molecule has 5 nitrogen and oxygen atoms in total. The van der Waals surface area contributed by atoms with Gasteiger partial charge in [0, 0.05) is 29.7 Å². The predicted molar refractivity (Wildman–Crippen MR) is 89.7 cm³/mol. The van der Waals surface area contributed by atoms with Crippen molar-refractivity contribution in [3.05, 3.63) is 57.6 Å². The van der Waals surface area contributed by atoms with Crippen LogP contribution in [-0.4, -0.2) is 47.8 Å². The molecule has 1 aromatic carbocycles. The molecule has 2 heterocycles. The molecule has 114 valence electrons. The quantitative estimate of drug-likeness (QED) is 0.716. The van der Waals surface area contributed by atoms with E-state index in [-0.39, 0.29) is 11.8 Å². The molecule has 2 amide bonds. The number of amides is 2. The van der Waals surface area contributed by atoms with E-state index in [1.165, 1.54) is 6.26 Å². The van der Waals surface area contributed by atoms with Crippen molar-refractivity contribution in [3.8, 4) is 0 Å². The van der Waals surface area contributed by atoms with E-state index < -0.39 is 0 Å². The number of hydrogen-bond acceptors (Lipinski definition) is 3. The molecule has 3 rings (SSSR count). The number of rotatable bonds is 2. The van der Waals surface area contributed by atoms with Crippen LogP contribution in [0.2, 0.25) is 0 Å². The van der Waals surface area contributed by atoms with Gasteiger partial charge >= 0.3 is 0 Å². The Labute approximate surface area is 142 Å². The van der Waals surface area contributed by atoms with Crippen LogP contribution in [0.25, 0.3) is 0 Å². The van der Waals surface area contributed by atoms with Crippen LogP contribution in [0.1, 0.15) is 20.9 Å². The van der Waals surface area contributed by atoms with Crippen LogP contribution in [0.3, 0.4) is 0 Å². The molecule has 1 fully saturated rings. The van der Waals surface area contributed by atoms with Gasteiger partial charge in [0.2, 0.25) is 0 Å². The lowest BCUT2D eigenvalue weighted by Crippen LogP contribution is -2.50. The topological polar surface area (TPSA) is 53.8 Å². The summed E-state index contributed by atoms with van der Waals surface area (Å²) in [7, 11) is 0. The molecular weight excluding hydrogens is 395 g/mol. The largest absolute Gasteiger partial charge is 0.459 e. The fourth-order valence-corrected chi connectivity index (χ4v) is 3.09. The van der Waals surface area contributed by atoms with E-state index in [1.54, 1.807) is 21.9 Å². The van der Waals surface area contributed by atoms with Crippen LogP contribution in [0, 0.1) is 3.57 Å². The van der Waals surface area contributed by atoms with E-state index in [0.717, 1.165) is 3.57 Å². The average Bonchev–Trinajstić information content (AvgIpc) is 3.09. The molecule has 0 N–H and O–H groups in total. The second-order valence-corrected chi connectivity index (χ2v) is 6.20. The molecule has 0 saturated carbocycles. The minimum atomic E-state index is -0.119. The number of carbonyl (C=O) groups excluding carboxylic acids is 2. The predicted octanol–water partition coefficient (Wildman–Crippen LogP) is 2.48. The fraction of sp³-hybridized carbons (Fsp3) is 0.250. The highest BCUT2D eigenvalue weighted by Crippen LogP contribution is 2.16. The van der Waals surface area contributed by atoms with Gasteiger partial charge in [0.05, 0.1) is 11.8 Å². The number of nitrogens with zero attached hydrogens (tertiary/aromatic N) is 2. The third kappa shape index (κ3) is 3.01. The fourth-order valence-electron chi connectivity index (χ4n) is 2.47. The van der Waals surface area contributed by atoms with Crippen LogP contribution in [0.4, 0.5) is 0 Å². The first kappa shape index (κ1) is 15.1. The summed E-state index contributed by atoms with van der Waals surface area (Å²) < 4.78 is 6.08. The summed E-state index contributed by atoms with van der Waals surface area (Å²) in [5.74, 6) is 0.249. The molecule has 22 heavy (non-hydrogen) atoms. The van der Waals surface area contributed by atoms with Gasteiger partial charge in [-0.05, 0) is 46.9 Å². The Bertz CT molecular complexity index is 676. The van der Waals surface area contributed by atoms with E-state index in [1.807, 2.05) is 24.3 Å². The standard InChI is InChI=1S/C16H15IN2O3/c17-13-5-2-1-4-12(13)15(20)18-7-9-19(10-8-18)16(21)14-6-3-11-22-14/h1-6,11H,7-10H2. The Morgan fingerprint density at radius 1 is 0.909 bits per heavy atom. The number of furan rings is 1. The molecule has 0 atom stereocenters. The molecule has 1 aromatic heterocycles. The second kappa shape index (κ2) is 6.51. The summed E-state index contributed by atoms with van der Waals surface area (Å²) in [6, 6.07) is 10.9. The summed E-state index contributed by atoms with van der Waals surface area (Å²) in [4.78, 5) is 28.2. The lowest BCUT2D eigenvalue weighted by molar-refractivity contribution is 0.0517. The maximum atomic E-state index is 12.5. The highest BCUT2D eigenvalue weighted by atomic mass is 127. The third-order valence-electron chi connectivity index (χ3n) is 3.69. The summed E-state index contributed by atoms with van der Waals surface area (Å²) >= 11 is 2.17. The Hall–Kier alpha value is -1.83. The summed E-state index contributed by atoms with van der Waals surface area (Å²) in [5, 5.41) is 0. The first-order chi connectivity index (χ1) is 10.7. The number of carbonyl (C=O) groups is 2. The smallest absolute Gasteiger partial charge is 0.289 e. The van der Waals surface area contributed by atoms with Crippen molar-refractivity contribution in [1.82, 2.24) is 9.80 Å². The lowest BCUT2D eigenvalue weighted by Gasteiger charge is -2.34. The normalized spacial score (nSPS) is 15.0. The molecule has 1 aliphatic rings. The van der Waals surface area contributed by atoms with Gasteiger partial charge < -0.3 is 14.2 Å². The Balaban J connectivity index is 1.63. The lowest BCUT2D eigenvalue weighted by atomic mass is 10.2. The van der Waals surface area contributed by atoms with Crippen molar-refractivity contribution in [3.63, 3.8) is 0 Å². The van der Waals surface area contributed by atoms with Crippen molar-refractivity contribution in [2.24, 2.45) is 0 Å². The molecule has 0 unspecified atom stereocenters. The van der Waals surface area contributed by atoms with Crippen LogP contribution in [-0.2, 0) is 0 Å². The summed E-state index contributed by atoms with van der Waals surface area (Å²) in [6.07, 6.45) is 1.49. The van der Waals surface area contributed by atoms with Gasteiger partial charge in [-0.15, -0.1) is 0 Å². The molecule has 0 spiro atoms. The zero-order chi connectivity index (χ0) is 15.5. The Kier molecular flexibility index (Phi) is 4.47. The zero-order valence-electron chi connectivity index (χ0n) is 11.9. The molecule has 1 saturated heterocycles. The maximum Gasteiger partial charge on any atom is 0.289 e. The van der Waals surface area contributed by atoms with Crippen molar-refractivity contribution in [2.45, 2.75) is 0 Å². The maximum absolute atomic E-state index is 12.5. The molecular formula is C16H15IN2O3. The number of hydrogen-bond donors (Lipinski definition) is 0. The SMILES string of the molecule is O=C(c1ccco1)N1CCN(C(=O)c2ccccc2I)CC1. The minimum absolute atomic E-state index is 0.0232. The highest BCUT2D eigenvalue weighted by Gasteiger charge is 2.27. The van der Waals surface area contributed by atoms with Crippen molar-refractivity contribution in [2.75, 3.05) is 26.2 Å². The summed E-state index contributed by atoms with van der Waals surface area (Å²) in [6.45, 7) is 2.12. The molecule has 2 aromatic rings. The number of halogens is 1. The third-order valence-corrected chi connectivity index (χ3v) is 4.63. The molecule has 1 aliphatic heterocycles. The van der Waals surface area contributed by atoms with Crippen molar-refractivity contribution < 1.29 is 14.0 Å². The van der Waals surface area contributed by atoms with Gasteiger partial charge in [0.15, 0.2) is 5.76 Å². The van der Waals surface area contributed by atoms with Gasteiger partial charge in [-0.2, -0.15) is 0 Å². The van der Waals surface area contributed by atoms with Gasteiger partial charge in [-0.25, -0.2) is 0 Å². The monoisotopic (exact) mass is 410 g/mol. The highest BCUT2D eigenvalue weighted by molar-refractivity contribution is 14.1. The summed E-state index contributed by atoms with van der Waals surface area (Å²) in [5.41, 5.74) is 0.717. The van der Waals surface area contributed by atoms with Crippen molar-refractivity contribution in [1.29, 1.82) is 0 Å². The van der Waals surface area contributed by atoms with Gasteiger partial charge in [0.1, 0.15) is 0 Å². The first-order valence-corrected chi connectivity index (χ1v) is 8.11. The first-order valence-electron chi connectivity index (χ1n) is 7.03. The number of piperazine rings is 1. The molecule has 0 bridgehead atoms. The van der Waals surface area contributed by atoms with E-state index in [9.17, 15) is 9.59 Å². The van der Waals surface area contributed by atoms with Gasteiger partial charge in [-0.1, -0.05) is 12.1 Å². The molecule has 0 radical (unpaired) electrons. The van der Waals surface area contributed by atoms with Gasteiger partial charge in [-0.3, -0.25) is 9.59 Å². The van der Waals surface area contributed by atoms with Gasteiger partial charge in [0.25, 0.3) is 11.8 Å². The second-order valence-electron chi connectivity index (χ2n) is 5.04. The Morgan fingerprint density at radius 3 is 2.14 bits per heavy atom. The Morgan fingerprint density at radius 2 is 1.55 bits per heavy atom. The van der Waals surface area contributed by atoms with E-state index >= 15 is 0 Å². The molecule has 6 heteroatoms. The van der Waals surface area contributed by atoms with Crippen LogP contribution in [0.15, 0.2) is 47.1 Å². The van der Waals surface area contributed by atoms with Crippen LogP contribution in [0.5, 0.6) is 0 Å². The van der Waals surface area contributed by atoms with Crippen LogP contribution < -0.4 is 0 Å². The van der Waals surface area contributed by atoms with E-state index in [4.69, 9.17) is 4.42 Å². The van der Waals surface area contributed by atoms with E-state index in [2.05, 4.69) is 22.6 Å². The van der Waals surface area contributed by atoms with Crippen LogP contribution >= 0.6 is 22.6 Å². The number of benzene rings is 1. The average molecular weight is 410 g/mol. The minimum Gasteiger partial charge on any atom is -0.459 e. The molecule has 0 aliphatic carbocycles. The van der Waals surface area contributed by atoms with Crippen molar-refractivity contribution >= 4 is 34.4 Å². The van der Waals surface area contributed by atoms with E-state index in [0.29, 0.717) is 37.5 Å². The zero-order valence-corrected chi connectivity index (χ0v) is 14.0.